The van der Waals surface area contributed by atoms with Gasteiger partial charge >= 0.3 is 6.16 Å². The van der Waals surface area contributed by atoms with E-state index in [1.54, 1.807) is 7.00 Å². The molecule has 0 aromatic rings. The molecule has 0 spiro atoms. The average Bonchev–Trinajstić information content (AvgIpc) is 2.61. The summed E-state index contributed by atoms with van der Waals surface area (Å²) in [6.45, 7) is 1.53. The fourth-order valence-corrected chi connectivity index (χ4v) is 1.89. The van der Waals surface area contributed by atoms with Crippen molar-refractivity contribution in [3.05, 3.63) is 0 Å². The Hall–Kier alpha value is -0.315. The van der Waals surface area contributed by atoms with Crippen LogP contribution in [0.25, 0.3) is 0 Å². The van der Waals surface area contributed by atoms with Crippen LogP contribution < -0.4 is 0 Å². The SMILES string of the molecule is O=C1OC2[C@@H](CO)O[C@@H]([B]P)[C@H]2O1. The molecule has 0 aliphatic carbocycles. The zero-order valence-corrected chi connectivity index (χ0v) is 7.91. The first-order valence-corrected chi connectivity index (χ1v) is 4.61. The molecule has 2 aliphatic heterocycles. The largest absolute Gasteiger partial charge is 0.509 e. The van der Waals surface area contributed by atoms with Gasteiger partial charge in [0.1, 0.15) is 6.10 Å². The normalized spacial score (nSPS) is 42.5. The molecule has 71 valence electrons. The molecule has 2 fully saturated rings. The Morgan fingerprint density at radius 1 is 1.46 bits per heavy atom. The lowest BCUT2D eigenvalue weighted by molar-refractivity contribution is -0.0192. The van der Waals surface area contributed by atoms with Crippen molar-refractivity contribution in [1.29, 1.82) is 0 Å². The van der Waals surface area contributed by atoms with Gasteiger partial charge in [0.05, 0.1) is 12.6 Å². The number of aliphatic hydroxyl groups excluding tert-OH is 1. The molecule has 2 heterocycles. The highest BCUT2D eigenvalue weighted by Gasteiger charge is 2.52. The van der Waals surface area contributed by atoms with Crippen molar-refractivity contribution in [2.24, 2.45) is 0 Å². The number of ether oxygens (including phenoxy) is 3. The molecule has 7 heteroatoms. The van der Waals surface area contributed by atoms with Gasteiger partial charge in [0.25, 0.3) is 0 Å². The molecule has 0 bridgehead atoms. The quantitative estimate of drug-likeness (QED) is 0.358. The molecule has 5 nitrogen and oxygen atoms in total. The van der Waals surface area contributed by atoms with Gasteiger partial charge in [-0.05, 0) is 0 Å². The number of fused-ring (bicyclic) bond motifs is 1. The minimum atomic E-state index is -0.686. The molecule has 0 aromatic heterocycles. The van der Waals surface area contributed by atoms with E-state index in [0.29, 0.717) is 0 Å². The fraction of sp³-hybridized carbons (Fsp3) is 0.833. The van der Waals surface area contributed by atoms with Gasteiger partial charge < -0.3 is 19.3 Å². The average molecular weight is 203 g/mol. The molecular weight excluding hydrogens is 194 g/mol. The number of hydrogen-bond acceptors (Lipinski definition) is 5. The van der Waals surface area contributed by atoms with E-state index in [-0.39, 0.29) is 12.6 Å². The number of hydrogen-bond donors (Lipinski definition) is 1. The van der Waals surface area contributed by atoms with E-state index >= 15 is 0 Å². The van der Waals surface area contributed by atoms with Crippen molar-refractivity contribution in [2.75, 3.05) is 6.61 Å². The summed E-state index contributed by atoms with van der Waals surface area (Å²) in [7, 11) is 2.39. The smallest absolute Gasteiger partial charge is 0.425 e. The Morgan fingerprint density at radius 3 is 2.77 bits per heavy atom. The van der Waals surface area contributed by atoms with Crippen LogP contribution in [0, 0.1) is 0 Å². The van der Waals surface area contributed by atoms with Crippen LogP contribution >= 0.6 is 9.12 Å². The van der Waals surface area contributed by atoms with Gasteiger partial charge in [0, 0.05) is 0 Å². The van der Waals surface area contributed by atoms with Crippen LogP contribution in [0.1, 0.15) is 0 Å². The monoisotopic (exact) mass is 203 g/mol. The topological polar surface area (TPSA) is 65.0 Å². The zero-order chi connectivity index (χ0) is 9.42. The number of aliphatic hydroxyl groups is 1. The molecule has 1 N–H and O–H groups in total. The summed E-state index contributed by atoms with van der Waals surface area (Å²) >= 11 is 0. The summed E-state index contributed by atoms with van der Waals surface area (Å²) in [5.74, 6) is 0. The Morgan fingerprint density at radius 2 is 2.15 bits per heavy atom. The first-order valence-electron chi connectivity index (χ1n) is 3.95. The molecule has 2 rings (SSSR count). The summed E-state index contributed by atoms with van der Waals surface area (Å²) < 4.78 is 15.1. The second kappa shape index (κ2) is 3.44. The van der Waals surface area contributed by atoms with Crippen LogP contribution in [-0.4, -0.2) is 49.2 Å². The van der Waals surface area contributed by atoms with E-state index in [1.807, 2.05) is 0 Å². The number of rotatable bonds is 2. The van der Waals surface area contributed by atoms with Crippen LogP contribution in [-0.2, 0) is 14.2 Å². The second-order valence-corrected chi connectivity index (χ2v) is 3.31. The fourth-order valence-electron chi connectivity index (χ4n) is 1.58. The molecule has 0 aromatic carbocycles. The highest BCUT2D eigenvalue weighted by atomic mass is 31.0. The second-order valence-electron chi connectivity index (χ2n) is 2.93. The Labute approximate surface area is 78.1 Å². The molecule has 5 atom stereocenters. The van der Waals surface area contributed by atoms with Gasteiger partial charge in [-0.15, -0.1) is 0 Å². The minimum absolute atomic E-state index is 0.174. The predicted molar refractivity (Wildman–Crippen MR) is 46.4 cm³/mol. The number of carbonyl (C=O) groups excluding carboxylic acids is 1. The third-order valence-electron chi connectivity index (χ3n) is 2.18. The van der Waals surface area contributed by atoms with Gasteiger partial charge in [-0.3, -0.25) is 0 Å². The maximum Gasteiger partial charge on any atom is 0.509 e. The summed E-state index contributed by atoms with van der Waals surface area (Å²) in [4.78, 5) is 10.8. The molecule has 2 saturated heterocycles. The van der Waals surface area contributed by atoms with Gasteiger partial charge in [-0.25, -0.2) is 4.79 Å². The standard InChI is InChI=1S/C6H9BO5P/c8-1-2-3-4(5(7-13)10-2)12-6(9)11-3/h2-5,8H,1,13H2/t2-,3?,4+,5-/m1/s1. The first-order chi connectivity index (χ1) is 6.26. The van der Waals surface area contributed by atoms with Crippen LogP contribution in [0.2, 0.25) is 0 Å². The summed E-state index contributed by atoms with van der Waals surface area (Å²) in [6.07, 6.45) is -2.05. The van der Waals surface area contributed by atoms with Crippen molar-refractivity contribution >= 4 is 22.3 Å². The lowest BCUT2D eigenvalue weighted by Gasteiger charge is -2.12. The van der Waals surface area contributed by atoms with Crippen LogP contribution in [0.4, 0.5) is 4.79 Å². The third-order valence-corrected chi connectivity index (χ3v) is 2.56. The molecule has 2 aliphatic rings. The van der Waals surface area contributed by atoms with E-state index < -0.39 is 24.5 Å². The zero-order valence-electron chi connectivity index (χ0n) is 6.75. The van der Waals surface area contributed by atoms with Crippen molar-refractivity contribution in [3.63, 3.8) is 0 Å². The third kappa shape index (κ3) is 1.43. The number of carbonyl (C=O) groups is 1. The van der Waals surface area contributed by atoms with Gasteiger partial charge in [-0.2, -0.15) is 9.12 Å². The lowest BCUT2D eigenvalue weighted by atomic mass is 9.91. The molecule has 13 heavy (non-hydrogen) atoms. The van der Waals surface area contributed by atoms with Gasteiger partial charge in [0.15, 0.2) is 19.2 Å². The van der Waals surface area contributed by atoms with Crippen molar-refractivity contribution in [3.8, 4) is 0 Å². The lowest BCUT2D eigenvalue weighted by Crippen LogP contribution is -2.32. The van der Waals surface area contributed by atoms with Crippen LogP contribution in [0.15, 0.2) is 0 Å². The molecule has 0 saturated carbocycles. The molecule has 1 radical (unpaired) electrons. The Kier molecular flexibility index (Phi) is 2.45. The maximum absolute atomic E-state index is 10.8. The van der Waals surface area contributed by atoms with Gasteiger partial charge in [-0.1, -0.05) is 0 Å². The van der Waals surface area contributed by atoms with Crippen LogP contribution in [0.3, 0.4) is 0 Å². The van der Waals surface area contributed by atoms with Crippen molar-refractivity contribution < 1.29 is 24.1 Å². The predicted octanol–water partition coefficient (Wildman–Crippen LogP) is -0.898. The highest BCUT2D eigenvalue weighted by molar-refractivity contribution is 7.56. The van der Waals surface area contributed by atoms with Crippen LogP contribution in [0.5, 0.6) is 0 Å². The Balaban J connectivity index is 2.11. The summed E-state index contributed by atoms with van der Waals surface area (Å²) in [5.41, 5.74) is 0. The summed E-state index contributed by atoms with van der Waals surface area (Å²) in [6, 6.07) is -0.307. The van der Waals surface area contributed by atoms with E-state index in [4.69, 9.17) is 19.3 Å². The minimum Gasteiger partial charge on any atom is -0.425 e. The maximum atomic E-state index is 10.8. The van der Waals surface area contributed by atoms with Gasteiger partial charge in [0.2, 0.25) is 0 Å². The highest BCUT2D eigenvalue weighted by Crippen LogP contribution is 2.31. The molecule has 2 unspecified atom stereocenters. The van der Waals surface area contributed by atoms with E-state index in [1.165, 1.54) is 0 Å². The van der Waals surface area contributed by atoms with Crippen molar-refractivity contribution in [2.45, 2.75) is 24.3 Å². The molecular formula is C6H9BO5P. The summed E-state index contributed by atoms with van der Waals surface area (Å²) in [5, 5.41) is 8.92. The Bertz CT molecular complexity index is 205. The van der Waals surface area contributed by atoms with E-state index in [9.17, 15) is 4.79 Å². The van der Waals surface area contributed by atoms with E-state index in [0.717, 1.165) is 0 Å². The molecule has 0 amide bonds. The first kappa shape index (κ1) is 9.25. The van der Waals surface area contributed by atoms with E-state index in [2.05, 4.69) is 9.12 Å². The van der Waals surface area contributed by atoms with Crippen molar-refractivity contribution in [1.82, 2.24) is 0 Å².